The van der Waals surface area contributed by atoms with Gasteiger partial charge in [-0.1, -0.05) is 26.0 Å². The van der Waals surface area contributed by atoms with Gasteiger partial charge in [0.05, 0.1) is 12.4 Å². The number of hydrogen-bond donors (Lipinski definition) is 1. The molecular weight excluding hydrogens is 319 g/mol. The van der Waals surface area contributed by atoms with Crippen LogP contribution in [-0.4, -0.2) is 40.4 Å². The molecule has 0 unspecified atom stereocenters. The standard InChI is InChI=1S/C19H25FN4O/c1-3-11-24(12-4-2)19(25)17-13-23-18(14-22-17)21-10-9-15-5-7-16(20)8-6-15/h5-8,13-14H,3-4,9-12H2,1-2H3,(H,21,23). The second-order valence-electron chi connectivity index (χ2n) is 5.88. The van der Waals surface area contributed by atoms with Gasteiger partial charge in [0, 0.05) is 19.6 Å². The number of aromatic nitrogens is 2. The first-order chi connectivity index (χ1) is 12.1. The maximum atomic E-state index is 12.9. The largest absolute Gasteiger partial charge is 0.368 e. The number of hydrogen-bond acceptors (Lipinski definition) is 4. The molecular formula is C19H25FN4O. The molecule has 0 aliphatic carbocycles. The summed E-state index contributed by atoms with van der Waals surface area (Å²) in [6.07, 6.45) is 5.68. The van der Waals surface area contributed by atoms with Crippen molar-refractivity contribution in [2.75, 3.05) is 25.0 Å². The minimum Gasteiger partial charge on any atom is -0.368 e. The summed E-state index contributed by atoms with van der Waals surface area (Å²) in [6.45, 7) is 6.22. The van der Waals surface area contributed by atoms with Gasteiger partial charge in [-0.05, 0) is 37.0 Å². The summed E-state index contributed by atoms with van der Waals surface area (Å²) >= 11 is 0. The maximum Gasteiger partial charge on any atom is 0.274 e. The molecule has 2 aromatic rings. The molecule has 0 radical (unpaired) electrons. The van der Waals surface area contributed by atoms with Crippen molar-refractivity contribution >= 4 is 11.7 Å². The average Bonchev–Trinajstić information content (AvgIpc) is 2.63. The maximum absolute atomic E-state index is 12.9. The van der Waals surface area contributed by atoms with E-state index in [-0.39, 0.29) is 11.7 Å². The molecule has 1 aromatic carbocycles. The van der Waals surface area contributed by atoms with Gasteiger partial charge in [-0.2, -0.15) is 0 Å². The van der Waals surface area contributed by atoms with E-state index in [9.17, 15) is 9.18 Å². The van der Waals surface area contributed by atoms with Gasteiger partial charge in [-0.25, -0.2) is 14.4 Å². The summed E-state index contributed by atoms with van der Waals surface area (Å²) in [5.74, 6) is 0.313. The summed E-state index contributed by atoms with van der Waals surface area (Å²) in [5, 5.41) is 3.16. The van der Waals surface area contributed by atoms with E-state index in [1.165, 1.54) is 18.3 Å². The molecule has 0 bridgehead atoms. The number of rotatable bonds is 9. The van der Waals surface area contributed by atoms with Crippen molar-refractivity contribution in [2.45, 2.75) is 33.1 Å². The Morgan fingerprint density at radius 3 is 2.32 bits per heavy atom. The highest BCUT2D eigenvalue weighted by Gasteiger charge is 2.15. The van der Waals surface area contributed by atoms with Crippen molar-refractivity contribution < 1.29 is 9.18 Å². The molecule has 0 fully saturated rings. The number of nitrogens with one attached hydrogen (secondary N) is 1. The lowest BCUT2D eigenvalue weighted by Crippen LogP contribution is -2.33. The molecule has 0 saturated heterocycles. The van der Waals surface area contributed by atoms with E-state index in [1.54, 1.807) is 18.3 Å². The van der Waals surface area contributed by atoms with Crippen LogP contribution in [0, 0.1) is 5.82 Å². The van der Waals surface area contributed by atoms with E-state index in [0.717, 1.165) is 37.9 Å². The van der Waals surface area contributed by atoms with Gasteiger partial charge < -0.3 is 10.2 Å². The molecule has 0 aliphatic rings. The molecule has 1 amide bonds. The molecule has 134 valence electrons. The van der Waals surface area contributed by atoms with E-state index >= 15 is 0 Å². The van der Waals surface area contributed by atoms with Crippen molar-refractivity contribution in [1.29, 1.82) is 0 Å². The van der Waals surface area contributed by atoms with Crippen molar-refractivity contribution in [2.24, 2.45) is 0 Å². The highest BCUT2D eigenvalue weighted by atomic mass is 19.1. The summed E-state index contributed by atoms with van der Waals surface area (Å²) in [6, 6.07) is 6.43. The first kappa shape index (κ1) is 18.8. The van der Waals surface area contributed by atoms with Crippen LogP contribution < -0.4 is 5.32 Å². The normalized spacial score (nSPS) is 10.5. The third-order valence-corrected chi connectivity index (χ3v) is 3.78. The van der Waals surface area contributed by atoms with E-state index < -0.39 is 0 Å². The van der Waals surface area contributed by atoms with Crippen LogP contribution in [0.2, 0.25) is 0 Å². The number of nitrogens with zero attached hydrogens (tertiary/aromatic N) is 3. The second-order valence-corrected chi connectivity index (χ2v) is 5.88. The van der Waals surface area contributed by atoms with Gasteiger partial charge in [-0.15, -0.1) is 0 Å². The smallest absolute Gasteiger partial charge is 0.274 e. The highest BCUT2D eigenvalue weighted by molar-refractivity contribution is 5.92. The van der Waals surface area contributed by atoms with Crippen LogP contribution in [0.4, 0.5) is 10.2 Å². The molecule has 1 N–H and O–H groups in total. The number of benzene rings is 1. The predicted octanol–water partition coefficient (Wildman–Crippen LogP) is 3.53. The highest BCUT2D eigenvalue weighted by Crippen LogP contribution is 2.07. The van der Waals surface area contributed by atoms with Gasteiger partial charge in [0.15, 0.2) is 0 Å². The fourth-order valence-electron chi connectivity index (χ4n) is 2.53. The summed E-state index contributed by atoms with van der Waals surface area (Å²) in [7, 11) is 0. The zero-order valence-corrected chi connectivity index (χ0v) is 14.8. The fourth-order valence-corrected chi connectivity index (χ4v) is 2.53. The van der Waals surface area contributed by atoms with Crippen LogP contribution in [0.15, 0.2) is 36.7 Å². The van der Waals surface area contributed by atoms with Crippen LogP contribution in [0.5, 0.6) is 0 Å². The number of halogens is 1. The first-order valence-electron chi connectivity index (χ1n) is 8.73. The molecule has 1 heterocycles. The molecule has 25 heavy (non-hydrogen) atoms. The minimum absolute atomic E-state index is 0.0749. The number of carbonyl (C=O) groups excluding carboxylic acids is 1. The summed E-state index contributed by atoms with van der Waals surface area (Å²) in [5.41, 5.74) is 1.41. The van der Waals surface area contributed by atoms with Crippen molar-refractivity contribution in [3.63, 3.8) is 0 Å². The van der Waals surface area contributed by atoms with Gasteiger partial charge in [0.1, 0.15) is 17.3 Å². The van der Waals surface area contributed by atoms with Crippen LogP contribution in [0.1, 0.15) is 42.7 Å². The van der Waals surface area contributed by atoms with Crippen LogP contribution in [0.25, 0.3) is 0 Å². The molecule has 0 spiro atoms. The van der Waals surface area contributed by atoms with Gasteiger partial charge in [0.25, 0.3) is 5.91 Å². The van der Waals surface area contributed by atoms with Crippen molar-refractivity contribution in [3.05, 3.63) is 53.7 Å². The second kappa shape index (κ2) is 9.71. The Kier molecular flexibility index (Phi) is 7.32. The molecule has 0 aliphatic heterocycles. The van der Waals surface area contributed by atoms with Crippen molar-refractivity contribution in [3.8, 4) is 0 Å². The van der Waals surface area contributed by atoms with Crippen LogP contribution >= 0.6 is 0 Å². The SMILES string of the molecule is CCCN(CCC)C(=O)c1cnc(NCCc2ccc(F)cc2)cn1. The zero-order valence-electron chi connectivity index (χ0n) is 14.8. The Balaban J connectivity index is 1.88. The minimum atomic E-state index is -0.233. The number of carbonyl (C=O) groups is 1. The Morgan fingerprint density at radius 1 is 1.08 bits per heavy atom. The van der Waals surface area contributed by atoms with Crippen LogP contribution in [-0.2, 0) is 6.42 Å². The molecule has 5 nitrogen and oxygen atoms in total. The Morgan fingerprint density at radius 2 is 1.76 bits per heavy atom. The molecule has 2 rings (SSSR count). The molecule has 1 aromatic heterocycles. The predicted molar refractivity (Wildman–Crippen MR) is 97.1 cm³/mol. The van der Waals surface area contributed by atoms with Crippen molar-refractivity contribution in [1.82, 2.24) is 14.9 Å². The lowest BCUT2D eigenvalue weighted by molar-refractivity contribution is 0.0749. The molecule has 6 heteroatoms. The number of amides is 1. The van der Waals surface area contributed by atoms with E-state index in [0.29, 0.717) is 18.1 Å². The quantitative estimate of drug-likeness (QED) is 0.756. The molecule has 0 atom stereocenters. The first-order valence-corrected chi connectivity index (χ1v) is 8.73. The Bertz CT molecular complexity index is 652. The van der Waals surface area contributed by atoms with Gasteiger partial charge >= 0.3 is 0 Å². The Hall–Kier alpha value is -2.50. The average molecular weight is 344 g/mol. The Labute approximate surface area is 148 Å². The summed E-state index contributed by atoms with van der Waals surface area (Å²) < 4.78 is 12.9. The van der Waals surface area contributed by atoms with Gasteiger partial charge in [0.2, 0.25) is 0 Å². The van der Waals surface area contributed by atoms with E-state index in [2.05, 4.69) is 29.1 Å². The number of anilines is 1. The monoisotopic (exact) mass is 344 g/mol. The van der Waals surface area contributed by atoms with E-state index in [4.69, 9.17) is 0 Å². The fraction of sp³-hybridized carbons (Fsp3) is 0.421. The summed E-state index contributed by atoms with van der Waals surface area (Å²) in [4.78, 5) is 22.7. The third kappa shape index (κ3) is 5.81. The molecule has 0 saturated carbocycles. The third-order valence-electron chi connectivity index (χ3n) is 3.78. The lowest BCUT2D eigenvalue weighted by Gasteiger charge is -2.20. The van der Waals surface area contributed by atoms with Crippen LogP contribution in [0.3, 0.4) is 0 Å². The zero-order chi connectivity index (χ0) is 18.1. The topological polar surface area (TPSA) is 58.1 Å². The van der Waals surface area contributed by atoms with Gasteiger partial charge in [-0.3, -0.25) is 4.79 Å². The van der Waals surface area contributed by atoms with E-state index in [1.807, 2.05) is 4.90 Å². The lowest BCUT2D eigenvalue weighted by atomic mass is 10.1.